The summed E-state index contributed by atoms with van der Waals surface area (Å²) in [4.78, 5) is 27.0. The van der Waals surface area contributed by atoms with Crippen LogP contribution >= 0.6 is 0 Å². The molecule has 6 heteroatoms. The lowest BCUT2D eigenvalue weighted by Crippen LogP contribution is -2.47. The number of urea groups is 1. The van der Waals surface area contributed by atoms with Gasteiger partial charge < -0.3 is 20.3 Å². The number of nitrogens with zero attached hydrogens (tertiary/aromatic N) is 1. The Hall–Kier alpha value is -3.02. The molecule has 1 aliphatic rings. The van der Waals surface area contributed by atoms with E-state index in [9.17, 15) is 9.59 Å². The maximum absolute atomic E-state index is 12.8. The van der Waals surface area contributed by atoms with Gasteiger partial charge in [0.15, 0.2) is 0 Å². The summed E-state index contributed by atoms with van der Waals surface area (Å²) in [5.74, 6) is 0.665. The molecular weight excluding hydrogens is 366 g/mol. The largest absolute Gasteiger partial charge is 0.495 e. The summed E-state index contributed by atoms with van der Waals surface area (Å²) in [6.45, 7) is 5.35. The van der Waals surface area contributed by atoms with Gasteiger partial charge in [0.1, 0.15) is 5.75 Å². The van der Waals surface area contributed by atoms with Crippen molar-refractivity contribution in [3.63, 3.8) is 0 Å². The fourth-order valence-electron chi connectivity index (χ4n) is 3.65. The molecule has 1 heterocycles. The number of anilines is 1. The van der Waals surface area contributed by atoms with Gasteiger partial charge >= 0.3 is 6.03 Å². The van der Waals surface area contributed by atoms with Gasteiger partial charge in [-0.25, -0.2) is 4.79 Å². The fourth-order valence-corrected chi connectivity index (χ4v) is 3.65. The lowest BCUT2D eigenvalue weighted by Gasteiger charge is -2.33. The molecule has 3 amide bonds. The number of methoxy groups -OCH3 is 1. The number of carbonyl (C=O) groups is 2. The average molecular weight is 396 g/mol. The first-order valence-corrected chi connectivity index (χ1v) is 10.1. The summed E-state index contributed by atoms with van der Waals surface area (Å²) in [7, 11) is 1.58. The summed E-state index contributed by atoms with van der Waals surface area (Å²) < 4.78 is 5.30. The van der Waals surface area contributed by atoms with Crippen LogP contribution in [0.1, 0.15) is 48.5 Å². The Morgan fingerprint density at radius 1 is 1.14 bits per heavy atom. The second kappa shape index (κ2) is 9.45. The number of rotatable bonds is 5. The smallest absolute Gasteiger partial charge is 0.317 e. The number of para-hydroxylation sites is 2. The number of piperidine rings is 1. The second-order valence-electron chi connectivity index (χ2n) is 7.67. The monoisotopic (exact) mass is 395 g/mol. The number of amides is 3. The molecule has 1 fully saturated rings. The van der Waals surface area contributed by atoms with E-state index in [4.69, 9.17) is 4.74 Å². The Balaban J connectivity index is 1.71. The van der Waals surface area contributed by atoms with Crippen LogP contribution in [0.2, 0.25) is 0 Å². The van der Waals surface area contributed by atoms with E-state index in [-0.39, 0.29) is 23.9 Å². The summed E-state index contributed by atoms with van der Waals surface area (Å²) >= 11 is 0. The van der Waals surface area contributed by atoms with Crippen LogP contribution in [0.15, 0.2) is 48.5 Å². The summed E-state index contributed by atoms with van der Waals surface area (Å²) in [5, 5.41) is 5.88. The van der Waals surface area contributed by atoms with Crippen LogP contribution in [0.4, 0.5) is 10.5 Å². The van der Waals surface area contributed by atoms with Gasteiger partial charge in [-0.05, 0) is 56.5 Å². The van der Waals surface area contributed by atoms with E-state index in [1.807, 2.05) is 61.2 Å². The first-order valence-electron chi connectivity index (χ1n) is 10.1. The quantitative estimate of drug-likeness (QED) is 0.795. The van der Waals surface area contributed by atoms with Gasteiger partial charge in [-0.3, -0.25) is 4.79 Å². The fraction of sp³-hybridized carbons (Fsp3) is 0.391. The molecule has 1 aliphatic heterocycles. The summed E-state index contributed by atoms with van der Waals surface area (Å²) in [6.07, 6.45) is 1.96. The number of likely N-dealkylation sites (tertiary alicyclic amines) is 1. The third-order valence-corrected chi connectivity index (χ3v) is 5.10. The minimum absolute atomic E-state index is 0.0187. The van der Waals surface area contributed by atoms with Gasteiger partial charge in [-0.1, -0.05) is 24.3 Å². The van der Waals surface area contributed by atoms with Gasteiger partial charge in [0.05, 0.1) is 12.8 Å². The Labute approximate surface area is 172 Å². The predicted molar refractivity (Wildman–Crippen MR) is 115 cm³/mol. The molecule has 0 aliphatic carbocycles. The average Bonchev–Trinajstić information content (AvgIpc) is 2.74. The van der Waals surface area contributed by atoms with E-state index in [0.717, 1.165) is 24.9 Å². The van der Waals surface area contributed by atoms with Crippen molar-refractivity contribution in [2.75, 3.05) is 25.5 Å². The summed E-state index contributed by atoms with van der Waals surface area (Å²) in [5.41, 5.74) is 2.32. The van der Waals surface area contributed by atoms with Crippen LogP contribution in [0.25, 0.3) is 0 Å². The van der Waals surface area contributed by atoms with E-state index >= 15 is 0 Å². The molecule has 1 saturated heterocycles. The van der Waals surface area contributed by atoms with Crippen molar-refractivity contribution in [1.82, 2.24) is 10.2 Å². The minimum Gasteiger partial charge on any atom is -0.495 e. The topological polar surface area (TPSA) is 70.7 Å². The number of hydrogen-bond donors (Lipinski definition) is 2. The zero-order valence-electron chi connectivity index (χ0n) is 17.3. The molecule has 0 aromatic heterocycles. The van der Waals surface area contributed by atoms with Crippen LogP contribution in [0, 0.1) is 0 Å². The van der Waals surface area contributed by atoms with Crippen molar-refractivity contribution in [1.29, 1.82) is 0 Å². The van der Waals surface area contributed by atoms with E-state index < -0.39 is 0 Å². The maximum atomic E-state index is 12.8. The number of hydrogen-bond acceptors (Lipinski definition) is 3. The molecule has 2 N–H and O–H groups in total. The van der Waals surface area contributed by atoms with Gasteiger partial charge in [-0.15, -0.1) is 0 Å². The highest BCUT2D eigenvalue weighted by molar-refractivity contribution is 6.05. The Bertz CT molecular complexity index is 866. The molecule has 1 atom stereocenters. The molecule has 0 radical (unpaired) electrons. The molecule has 2 aromatic rings. The van der Waals surface area contributed by atoms with Gasteiger partial charge in [-0.2, -0.15) is 0 Å². The summed E-state index contributed by atoms with van der Waals surface area (Å²) in [6, 6.07) is 15.1. The lowest BCUT2D eigenvalue weighted by atomic mass is 9.89. The molecule has 154 valence electrons. The molecule has 3 rings (SSSR count). The van der Waals surface area contributed by atoms with Crippen molar-refractivity contribution in [3.05, 3.63) is 59.7 Å². The number of ether oxygens (including phenoxy) is 1. The van der Waals surface area contributed by atoms with Gasteiger partial charge in [0, 0.05) is 30.6 Å². The number of nitrogens with one attached hydrogen (secondary N) is 2. The lowest BCUT2D eigenvalue weighted by molar-refractivity contribution is 0.102. The molecule has 0 spiro atoms. The third-order valence-electron chi connectivity index (χ3n) is 5.10. The highest BCUT2D eigenvalue weighted by Gasteiger charge is 2.25. The second-order valence-corrected chi connectivity index (χ2v) is 7.67. The zero-order valence-corrected chi connectivity index (χ0v) is 17.3. The molecule has 0 saturated carbocycles. The van der Waals surface area contributed by atoms with E-state index in [2.05, 4.69) is 10.6 Å². The minimum atomic E-state index is -0.179. The van der Waals surface area contributed by atoms with Crippen molar-refractivity contribution in [2.45, 2.75) is 38.6 Å². The highest BCUT2D eigenvalue weighted by Crippen LogP contribution is 2.28. The van der Waals surface area contributed by atoms with E-state index in [1.54, 1.807) is 13.2 Å². The first kappa shape index (κ1) is 20.7. The predicted octanol–water partition coefficient (Wildman–Crippen LogP) is 4.24. The Morgan fingerprint density at radius 2 is 1.93 bits per heavy atom. The molecular formula is C23H29N3O3. The van der Waals surface area contributed by atoms with E-state index in [1.165, 1.54) is 0 Å². The van der Waals surface area contributed by atoms with Crippen molar-refractivity contribution in [2.24, 2.45) is 0 Å². The Kier molecular flexibility index (Phi) is 6.75. The van der Waals surface area contributed by atoms with Crippen molar-refractivity contribution < 1.29 is 14.3 Å². The van der Waals surface area contributed by atoms with Crippen molar-refractivity contribution >= 4 is 17.6 Å². The van der Waals surface area contributed by atoms with Crippen molar-refractivity contribution in [3.8, 4) is 5.75 Å². The van der Waals surface area contributed by atoms with Crippen LogP contribution in [0.5, 0.6) is 5.75 Å². The molecule has 6 nitrogen and oxygen atoms in total. The normalized spacial score (nSPS) is 16.4. The molecule has 0 bridgehead atoms. The SMILES string of the molecule is COc1ccccc1NC(=O)c1cccc([C@@H]2CCCN(C(=O)NC(C)C)C2)c1. The number of benzene rings is 2. The Morgan fingerprint density at radius 3 is 2.69 bits per heavy atom. The van der Waals surface area contributed by atoms with Gasteiger partial charge in [0.2, 0.25) is 0 Å². The first-order chi connectivity index (χ1) is 14.0. The molecule has 2 aromatic carbocycles. The number of carbonyl (C=O) groups excluding carboxylic acids is 2. The maximum Gasteiger partial charge on any atom is 0.317 e. The standard InChI is InChI=1S/C23H29N3O3/c1-16(2)24-23(28)26-13-7-10-19(15-26)17-8-6-9-18(14-17)22(27)25-20-11-4-5-12-21(20)29-3/h4-6,8-9,11-12,14,16,19H,7,10,13,15H2,1-3H3,(H,24,28)(H,25,27)/t19-/m1/s1. The highest BCUT2D eigenvalue weighted by atomic mass is 16.5. The van der Waals surface area contributed by atoms with Crippen LogP contribution < -0.4 is 15.4 Å². The third kappa shape index (κ3) is 5.28. The molecule has 0 unspecified atom stereocenters. The zero-order chi connectivity index (χ0) is 20.8. The van der Waals surface area contributed by atoms with E-state index in [0.29, 0.717) is 23.5 Å². The molecule has 29 heavy (non-hydrogen) atoms. The van der Waals surface area contributed by atoms with Crippen LogP contribution in [0.3, 0.4) is 0 Å². The van der Waals surface area contributed by atoms with Crippen LogP contribution in [-0.2, 0) is 0 Å². The van der Waals surface area contributed by atoms with Crippen LogP contribution in [-0.4, -0.2) is 43.1 Å². The van der Waals surface area contributed by atoms with Gasteiger partial charge in [0.25, 0.3) is 5.91 Å².